The van der Waals surface area contributed by atoms with E-state index >= 15 is 0 Å². The number of fused-ring (bicyclic) bond motifs is 1. The largest absolute Gasteiger partial charge is 0.314 e. The first kappa shape index (κ1) is 12.4. The zero-order valence-electron chi connectivity index (χ0n) is 12.8. The van der Waals surface area contributed by atoms with Gasteiger partial charge in [0.15, 0.2) is 0 Å². The number of aryl methyl sites for hydroxylation is 1. The van der Waals surface area contributed by atoms with E-state index in [9.17, 15) is 0 Å². The maximum atomic E-state index is 4.76. The van der Waals surface area contributed by atoms with Crippen molar-refractivity contribution in [2.24, 2.45) is 17.8 Å². The number of allylic oxidation sites excluding steroid dienone is 2. The first-order valence-electron chi connectivity index (χ1n) is 8.90. The van der Waals surface area contributed by atoms with Gasteiger partial charge in [-0.25, -0.2) is 0 Å². The summed E-state index contributed by atoms with van der Waals surface area (Å²) in [6, 6.07) is 0. The molecule has 4 aliphatic carbocycles. The Morgan fingerprint density at radius 3 is 2.29 bits per heavy atom. The summed E-state index contributed by atoms with van der Waals surface area (Å²) in [5.74, 6) is 5.56. The molecule has 2 heterocycles. The van der Waals surface area contributed by atoms with Crippen molar-refractivity contribution in [2.45, 2.75) is 69.7 Å². The average molecular weight is 283 g/mol. The highest BCUT2D eigenvalue weighted by molar-refractivity contribution is 5.19. The minimum Gasteiger partial charge on any atom is -0.314 e. The standard InChI is InChI=1S/C18H25N3/c1-2-4-6-21-16(5-3-1)19-20-17(21)18-10-13-7-14(11-18)9-15(8-13)12-18/h1-2,13-15H,3-12H2. The van der Waals surface area contributed by atoms with Crippen molar-refractivity contribution in [3.63, 3.8) is 0 Å². The highest BCUT2D eigenvalue weighted by Gasteiger charge is 2.53. The Labute approximate surface area is 126 Å². The Morgan fingerprint density at radius 2 is 1.57 bits per heavy atom. The van der Waals surface area contributed by atoms with Crippen LogP contribution in [0.3, 0.4) is 0 Å². The summed E-state index contributed by atoms with van der Waals surface area (Å²) in [7, 11) is 0. The van der Waals surface area contributed by atoms with Gasteiger partial charge in [-0.2, -0.15) is 0 Å². The Kier molecular flexibility index (Phi) is 2.63. The lowest BCUT2D eigenvalue weighted by atomic mass is 9.49. The molecule has 112 valence electrons. The fourth-order valence-electron chi connectivity index (χ4n) is 6.18. The molecule has 0 N–H and O–H groups in total. The van der Waals surface area contributed by atoms with Gasteiger partial charge in [-0.3, -0.25) is 0 Å². The van der Waals surface area contributed by atoms with E-state index < -0.39 is 0 Å². The smallest absolute Gasteiger partial charge is 0.139 e. The highest BCUT2D eigenvalue weighted by Crippen LogP contribution is 2.60. The molecular formula is C18H25N3. The second-order valence-electron chi connectivity index (χ2n) is 8.09. The van der Waals surface area contributed by atoms with E-state index in [4.69, 9.17) is 5.10 Å². The molecule has 3 nitrogen and oxygen atoms in total. The molecule has 5 aliphatic rings. The molecule has 0 saturated heterocycles. The number of hydrogen-bond acceptors (Lipinski definition) is 2. The van der Waals surface area contributed by atoms with Gasteiger partial charge in [0.05, 0.1) is 0 Å². The minimum absolute atomic E-state index is 0.392. The van der Waals surface area contributed by atoms with Crippen molar-refractivity contribution >= 4 is 0 Å². The molecule has 21 heavy (non-hydrogen) atoms. The van der Waals surface area contributed by atoms with Gasteiger partial charge >= 0.3 is 0 Å². The van der Waals surface area contributed by atoms with Crippen LogP contribution in [0.5, 0.6) is 0 Å². The quantitative estimate of drug-likeness (QED) is 0.737. The Morgan fingerprint density at radius 1 is 0.905 bits per heavy atom. The van der Waals surface area contributed by atoms with Gasteiger partial charge < -0.3 is 4.57 Å². The third-order valence-corrected chi connectivity index (χ3v) is 6.56. The lowest BCUT2D eigenvalue weighted by molar-refractivity contribution is -0.0112. The van der Waals surface area contributed by atoms with Crippen molar-refractivity contribution in [1.82, 2.24) is 14.8 Å². The van der Waals surface area contributed by atoms with Crippen molar-refractivity contribution in [2.75, 3.05) is 0 Å². The molecule has 4 saturated carbocycles. The summed E-state index contributed by atoms with van der Waals surface area (Å²) in [5.41, 5.74) is 0.392. The second-order valence-corrected chi connectivity index (χ2v) is 8.09. The zero-order valence-corrected chi connectivity index (χ0v) is 12.8. The van der Waals surface area contributed by atoms with Crippen LogP contribution >= 0.6 is 0 Å². The molecule has 3 heteroatoms. The van der Waals surface area contributed by atoms with Gasteiger partial charge in [0.25, 0.3) is 0 Å². The van der Waals surface area contributed by atoms with Crippen LogP contribution in [-0.4, -0.2) is 14.8 Å². The number of rotatable bonds is 1. The van der Waals surface area contributed by atoms with Gasteiger partial charge in [0.1, 0.15) is 11.6 Å². The van der Waals surface area contributed by atoms with E-state index in [0.717, 1.165) is 43.6 Å². The Hall–Kier alpha value is -1.12. The fraction of sp³-hybridized carbons (Fsp3) is 0.778. The highest BCUT2D eigenvalue weighted by atomic mass is 15.3. The molecule has 0 unspecified atom stereocenters. The van der Waals surface area contributed by atoms with E-state index in [1.54, 1.807) is 0 Å². The minimum atomic E-state index is 0.392. The Bertz CT molecular complexity index is 548. The van der Waals surface area contributed by atoms with E-state index in [0.29, 0.717) is 5.41 Å². The Balaban J connectivity index is 1.56. The number of nitrogens with zero attached hydrogens (tertiary/aromatic N) is 3. The van der Waals surface area contributed by atoms with Crippen LogP contribution in [0.4, 0.5) is 0 Å². The van der Waals surface area contributed by atoms with Gasteiger partial charge in [-0.15, -0.1) is 10.2 Å². The summed E-state index contributed by atoms with van der Waals surface area (Å²) in [5, 5.41) is 9.35. The van der Waals surface area contributed by atoms with Crippen LogP contribution in [0.15, 0.2) is 12.2 Å². The number of hydrogen-bond donors (Lipinski definition) is 0. The third-order valence-electron chi connectivity index (χ3n) is 6.56. The molecule has 1 aromatic rings. The first-order valence-corrected chi connectivity index (χ1v) is 8.90. The average Bonchev–Trinajstić information content (AvgIpc) is 2.79. The molecule has 1 aromatic heterocycles. The van der Waals surface area contributed by atoms with Crippen LogP contribution in [0.1, 0.15) is 63.0 Å². The van der Waals surface area contributed by atoms with E-state index in [2.05, 4.69) is 21.8 Å². The van der Waals surface area contributed by atoms with Crippen molar-refractivity contribution in [3.8, 4) is 0 Å². The molecule has 6 rings (SSSR count). The fourth-order valence-corrected chi connectivity index (χ4v) is 6.18. The molecule has 0 amide bonds. The monoisotopic (exact) mass is 283 g/mol. The summed E-state index contributed by atoms with van der Waals surface area (Å²) in [4.78, 5) is 0. The van der Waals surface area contributed by atoms with Gasteiger partial charge in [-0.05, 0) is 69.1 Å². The van der Waals surface area contributed by atoms with Gasteiger partial charge in [0.2, 0.25) is 0 Å². The predicted octanol–water partition coefficient (Wildman–Crippen LogP) is 3.64. The normalized spacial score (nSPS) is 40.9. The van der Waals surface area contributed by atoms with Crippen molar-refractivity contribution < 1.29 is 0 Å². The molecule has 0 spiro atoms. The predicted molar refractivity (Wildman–Crippen MR) is 82.0 cm³/mol. The summed E-state index contributed by atoms with van der Waals surface area (Å²) < 4.78 is 2.51. The van der Waals surface area contributed by atoms with Crippen LogP contribution in [-0.2, 0) is 18.4 Å². The van der Waals surface area contributed by atoms with E-state index in [1.807, 2.05) is 0 Å². The first-order chi connectivity index (χ1) is 10.3. The topological polar surface area (TPSA) is 30.7 Å². The summed E-state index contributed by atoms with van der Waals surface area (Å²) in [6.07, 6.45) is 16.7. The van der Waals surface area contributed by atoms with Crippen LogP contribution < -0.4 is 0 Å². The molecule has 1 aliphatic heterocycles. The molecule has 0 aromatic carbocycles. The summed E-state index contributed by atoms with van der Waals surface area (Å²) >= 11 is 0. The van der Waals surface area contributed by atoms with Gasteiger partial charge in [-0.1, -0.05) is 12.2 Å². The van der Waals surface area contributed by atoms with Crippen LogP contribution in [0, 0.1) is 17.8 Å². The molecule has 4 fully saturated rings. The molecule has 0 atom stereocenters. The van der Waals surface area contributed by atoms with E-state index in [1.165, 1.54) is 50.2 Å². The summed E-state index contributed by atoms with van der Waals surface area (Å²) in [6.45, 7) is 1.09. The number of aromatic nitrogens is 3. The second kappa shape index (κ2) is 4.44. The third kappa shape index (κ3) is 1.85. The van der Waals surface area contributed by atoms with Gasteiger partial charge in [0, 0.05) is 18.4 Å². The lowest BCUT2D eigenvalue weighted by Crippen LogP contribution is -2.49. The van der Waals surface area contributed by atoms with Crippen LogP contribution in [0.25, 0.3) is 0 Å². The SMILES string of the molecule is C1=CCCn2c(nnc2C23CC4CC(CC(C4)C2)C3)CC1. The molecule has 4 bridgehead atoms. The molecule has 0 radical (unpaired) electrons. The zero-order chi connectivity index (χ0) is 13.9. The molecular weight excluding hydrogens is 258 g/mol. The maximum Gasteiger partial charge on any atom is 0.139 e. The van der Waals surface area contributed by atoms with Crippen LogP contribution in [0.2, 0.25) is 0 Å². The lowest BCUT2D eigenvalue weighted by Gasteiger charge is -2.56. The maximum absolute atomic E-state index is 4.76. The van der Waals surface area contributed by atoms with Crippen molar-refractivity contribution in [3.05, 3.63) is 23.8 Å². The van der Waals surface area contributed by atoms with E-state index in [-0.39, 0.29) is 0 Å². The van der Waals surface area contributed by atoms with Crippen molar-refractivity contribution in [1.29, 1.82) is 0 Å².